The molecule has 0 spiro atoms. The van der Waals surface area contributed by atoms with Crippen molar-refractivity contribution in [3.8, 4) is 0 Å². The minimum absolute atomic E-state index is 0.0527. The van der Waals surface area contributed by atoms with E-state index in [9.17, 15) is 0 Å². The van der Waals surface area contributed by atoms with Gasteiger partial charge >= 0.3 is 0 Å². The van der Waals surface area contributed by atoms with Crippen LogP contribution in [0.2, 0.25) is 0 Å². The lowest BCUT2D eigenvalue weighted by atomic mass is 10.5. The van der Waals surface area contributed by atoms with Crippen LogP contribution < -0.4 is 15.5 Å². The van der Waals surface area contributed by atoms with E-state index in [4.69, 9.17) is 15.9 Å². The molecule has 0 aliphatic rings. The molecule has 8 heteroatoms. The molecule has 0 saturated heterocycles. The average molecular weight is 242 g/mol. The number of nitrogens with zero attached hydrogens (tertiary/aromatic N) is 5. The summed E-state index contributed by atoms with van der Waals surface area (Å²) in [6.45, 7) is 0.555. The van der Waals surface area contributed by atoms with Gasteiger partial charge in [-0.25, -0.2) is 0 Å². The van der Waals surface area contributed by atoms with Crippen LogP contribution in [0.1, 0.15) is 0 Å². The molecular formula is C9H18N6O2. The molecule has 0 atom stereocenters. The molecule has 0 unspecified atom stereocenters. The van der Waals surface area contributed by atoms with Gasteiger partial charge in [-0.3, -0.25) is 0 Å². The molecule has 4 N–H and O–H groups in total. The van der Waals surface area contributed by atoms with Crippen LogP contribution >= 0.6 is 0 Å². The van der Waals surface area contributed by atoms with Crippen molar-refractivity contribution in [1.29, 1.82) is 0 Å². The van der Waals surface area contributed by atoms with Crippen LogP contribution in [0.15, 0.2) is 0 Å². The van der Waals surface area contributed by atoms with E-state index < -0.39 is 0 Å². The van der Waals surface area contributed by atoms with E-state index in [1.807, 2.05) is 0 Å². The quantitative estimate of drug-likeness (QED) is 0.542. The number of nitrogen functional groups attached to an aromatic ring is 1. The van der Waals surface area contributed by atoms with E-state index in [-0.39, 0.29) is 19.2 Å². The number of aliphatic hydroxyl groups is 2. The second-order valence-electron chi connectivity index (χ2n) is 3.62. The highest BCUT2D eigenvalue weighted by molar-refractivity contribution is 5.42. The Hall–Kier alpha value is -1.67. The normalized spacial score (nSPS) is 10.4. The summed E-state index contributed by atoms with van der Waals surface area (Å²) in [5, 5.41) is 17.9. The first-order valence-corrected chi connectivity index (χ1v) is 5.24. The lowest BCUT2D eigenvalue weighted by molar-refractivity contribution is 0.280. The summed E-state index contributed by atoms with van der Waals surface area (Å²) < 4.78 is 0. The Labute approximate surface area is 99.7 Å². The fourth-order valence-corrected chi connectivity index (χ4v) is 1.26. The predicted octanol–water partition coefficient (Wildman–Crippen LogP) is -1.69. The number of anilines is 3. The SMILES string of the molecule is CN(C)c1nc(N)nc(N(CCO)CCO)n1. The second kappa shape index (κ2) is 6.16. The van der Waals surface area contributed by atoms with E-state index >= 15 is 0 Å². The standard InChI is InChI=1S/C9H18N6O2/c1-14(2)8-11-7(10)12-9(13-8)15(3-5-16)4-6-17/h16-17H,3-6H2,1-2H3,(H2,10,11,12,13). The molecule has 1 heterocycles. The summed E-state index contributed by atoms with van der Waals surface area (Å²) >= 11 is 0. The van der Waals surface area contributed by atoms with Crippen molar-refractivity contribution in [3.63, 3.8) is 0 Å². The summed E-state index contributed by atoms with van der Waals surface area (Å²) in [6.07, 6.45) is 0. The van der Waals surface area contributed by atoms with Crippen molar-refractivity contribution in [2.45, 2.75) is 0 Å². The molecule has 0 fully saturated rings. The molecule has 0 aromatic carbocycles. The van der Waals surface area contributed by atoms with Gasteiger partial charge in [0.1, 0.15) is 0 Å². The number of hydrogen-bond donors (Lipinski definition) is 3. The topological polar surface area (TPSA) is 112 Å². The van der Waals surface area contributed by atoms with Gasteiger partial charge in [0.2, 0.25) is 17.8 Å². The predicted molar refractivity (Wildman–Crippen MR) is 65.0 cm³/mol. The fraction of sp³-hybridized carbons (Fsp3) is 0.667. The maximum atomic E-state index is 8.94. The van der Waals surface area contributed by atoms with E-state index in [0.29, 0.717) is 25.0 Å². The average Bonchev–Trinajstić information content (AvgIpc) is 2.28. The first-order chi connectivity index (χ1) is 8.08. The first-order valence-electron chi connectivity index (χ1n) is 5.24. The lowest BCUT2D eigenvalue weighted by Gasteiger charge is -2.21. The molecule has 1 rings (SSSR count). The highest BCUT2D eigenvalue weighted by Gasteiger charge is 2.12. The molecule has 0 saturated carbocycles. The van der Waals surface area contributed by atoms with Gasteiger partial charge in [-0.2, -0.15) is 15.0 Å². The Balaban J connectivity index is 3.00. The number of rotatable bonds is 6. The van der Waals surface area contributed by atoms with Gasteiger partial charge in [-0.1, -0.05) is 0 Å². The summed E-state index contributed by atoms with van der Waals surface area (Å²) in [5.74, 6) is 0.900. The van der Waals surface area contributed by atoms with Crippen LogP contribution in [-0.4, -0.2) is 65.6 Å². The van der Waals surface area contributed by atoms with Gasteiger partial charge in [-0.05, 0) is 0 Å². The Morgan fingerprint density at radius 3 is 2.00 bits per heavy atom. The molecule has 96 valence electrons. The fourth-order valence-electron chi connectivity index (χ4n) is 1.26. The second-order valence-corrected chi connectivity index (χ2v) is 3.62. The number of nitrogens with two attached hydrogens (primary N) is 1. The lowest BCUT2D eigenvalue weighted by Crippen LogP contribution is -2.32. The van der Waals surface area contributed by atoms with Gasteiger partial charge in [-0.15, -0.1) is 0 Å². The van der Waals surface area contributed by atoms with Crippen molar-refractivity contribution in [1.82, 2.24) is 15.0 Å². The molecular weight excluding hydrogens is 224 g/mol. The van der Waals surface area contributed by atoms with Crippen molar-refractivity contribution < 1.29 is 10.2 Å². The number of aliphatic hydroxyl groups excluding tert-OH is 2. The van der Waals surface area contributed by atoms with Crippen LogP contribution in [0.5, 0.6) is 0 Å². The van der Waals surface area contributed by atoms with Crippen LogP contribution in [0.3, 0.4) is 0 Å². The largest absolute Gasteiger partial charge is 0.395 e. The Bertz CT molecular complexity index is 353. The van der Waals surface area contributed by atoms with Crippen LogP contribution in [-0.2, 0) is 0 Å². The van der Waals surface area contributed by atoms with Gasteiger partial charge in [0.05, 0.1) is 13.2 Å². The van der Waals surface area contributed by atoms with Crippen LogP contribution in [0.25, 0.3) is 0 Å². The van der Waals surface area contributed by atoms with E-state index in [0.717, 1.165) is 0 Å². The van der Waals surface area contributed by atoms with Gasteiger partial charge < -0.3 is 25.7 Å². The van der Waals surface area contributed by atoms with Gasteiger partial charge in [0, 0.05) is 27.2 Å². The molecule has 1 aromatic rings. The van der Waals surface area contributed by atoms with Gasteiger partial charge in [0.15, 0.2) is 0 Å². The molecule has 1 aromatic heterocycles. The third-order valence-corrected chi connectivity index (χ3v) is 2.05. The summed E-state index contributed by atoms with van der Waals surface area (Å²) in [5.41, 5.74) is 5.59. The van der Waals surface area contributed by atoms with Crippen molar-refractivity contribution in [2.24, 2.45) is 0 Å². The van der Waals surface area contributed by atoms with Crippen molar-refractivity contribution >= 4 is 17.8 Å². The summed E-state index contributed by atoms with van der Waals surface area (Å²) in [4.78, 5) is 15.5. The highest BCUT2D eigenvalue weighted by atomic mass is 16.3. The maximum Gasteiger partial charge on any atom is 0.232 e. The first kappa shape index (κ1) is 13.4. The number of aromatic nitrogens is 3. The highest BCUT2D eigenvalue weighted by Crippen LogP contribution is 2.12. The zero-order valence-electron chi connectivity index (χ0n) is 10.0. The Morgan fingerprint density at radius 1 is 1.00 bits per heavy atom. The molecule has 0 amide bonds. The zero-order chi connectivity index (χ0) is 12.8. The third kappa shape index (κ3) is 3.68. The summed E-state index contributed by atoms with van der Waals surface area (Å²) in [6, 6.07) is 0. The van der Waals surface area contributed by atoms with Crippen LogP contribution in [0.4, 0.5) is 17.8 Å². The molecule has 8 nitrogen and oxygen atoms in total. The van der Waals surface area contributed by atoms with E-state index in [1.54, 1.807) is 23.9 Å². The molecule has 0 bridgehead atoms. The Morgan fingerprint density at radius 2 is 1.53 bits per heavy atom. The van der Waals surface area contributed by atoms with Gasteiger partial charge in [0.25, 0.3) is 0 Å². The van der Waals surface area contributed by atoms with E-state index in [1.165, 1.54) is 0 Å². The third-order valence-electron chi connectivity index (χ3n) is 2.05. The molecule has 0 aliphatic heterocycles. The minimum atomic E-state index is -0.0527. The monoisotopic (exact) mass is 242 g/mol. The minimum Gasteiger partial charge on any atom is -0.395 e. The van der Waals surface area contributed by atoms with Crippen molar-refractivity contribution in [2.75, 3.05) is 55.9 Å². The molecule has 0 aliphatic carbocycles. The van der Waals surface area contributed by atoms with Crippen LogP contribution in [0, 0.1) is 0 Å². The summed E-state index contributed by atoms with van der Waals surface area (Å²) in [7, 11) is 3.59. The Kier molecular flexibility index (Phi) is 4.85. The zero-order valence-corrected chi connectivity index (χ0v) is 10.0. The number of hydrogen-bond acceptors (Lipinski definition) is 8. The van der Waals surface area contributed by atoms with E-state index in [2.05, 4.69) is 15.0 Å². The molecule has 0 radical (unpaired) electrons. The maximum absolute atomic E-state index is 8.94. The smallest absolute Gasteiger partial charge is 0.232 e. The molecule has 17 heavy (non-hydrogen) atoms. The van der Waals surface area contributed by atoms with Crippen molar-refractivity contribution in [3.05, 3.63) is 0 Å².